The molecule has 2 heterocycles. The first-order chi connectivity index (χ1) is 14.7. The third kappa shape index (κ3) is 3.59. The Balaban J connectivity index is 1.31. The predicted molar refractivity (Wildman–Crippen MR) is 113 cm³/mol. The van der Waals surface area contributed by atoms with Gasteiger partial charge in [-0.3, -0.25) is 9.89 Å². The average Bonchev–Trinajstić information content (AvgIpc) is 3.40. The van der Waals surface area contributed by atoms with Gasteiger partial charge in [-0.25, -0.2) is 0 Å². The number of carbonyl (C=O) groups is 1. The maximum Gasteiger partial charge on any atom is 0.258 e. The lowest BCUT2D eigenvalue weighted by Gasteiger charge is -2.28. The zero-order valence-corrected chi connectivity index (χ0v) is 16.8. The van der Waals surface area contributed by atoms with Crippen LogP contribution in [0.1, 0.15) is 47.2 Å². The molecule has 0 saturated heterocycles. The number of rotatable bonds is 5. The standard InChI is InChI=1S/C24H25N3O3/c28-20-5-1-2-6-21(20)30-22-7-3-4-18-15-27(24(29)23(18)22)14-16-8-10-17(11-9-16)19-12-25-26-13-19/h3-4,7-13,20-21,28H,1-2,5-6,14-15H2,(H,25,26). The summed E-state index contributed by atoms with van der Waals surface area (Å²) in [6.07, 6.45) is 6.62. The topological polar surface area (TPSA) is 78.5 Å². The monoisotopic (exact) mass is 403 g/mol. The number of amides is 1. The molecule has 1 aromatic heterocycles. The Labute approximate surface area is 175 Å². The van der Waals surface area contributed by atoms with Crippen molar-refractivity contribution in [1.29, 1.82) is 0 Å². The lowest BCUT2D eigenvalue weighted by Crippen LogP contribution is -2.35. The summed E-state index contributed by atoms with van der Waals surface area (Å²) >= 11 is 0. The number of aromatic amines is 1. The van der Waals surface area contributed by atoms with Gasteiger partial charge in [-0.1, -0.05) is 42.8 Å². The summed E-state index contributed by atoms with van der Waals surface area (Å²) in [6.45, 7) is 1.12. The van der Waals surface area contributed by atoms with Crippen molar-refractivity contribution in [2.45, 2.75) is 51.0 Å². The molecule has 30 heavy (non-hydrogen) atoms. The molecule has 6 nitrogen and oxygen atoms in total. The van der Waals surface area contributed by atoms with Crippen molar-refractivity contribution in [1.82, 2.24) is 15.1 Å². The highest BCUT2D eigenvalue weighted by molar-refractivity contribution is 6.01. The highest BCUT2D eigenvalue weighted by Crippen LogP contribution is 2.34. The van der Waals surface area contributed by atoms with Crippen LogP contribution in [0.5, 0.6) is 5.75 Å². The van der Waals surface area contributed by atoms with Crippen LogP contribution < -0.4 is 4.74 Å². The Morgan fingerprint density at radius 1 is 1.10 bits per heavy atom. The number of aliphatic hydroxyl groups excluding tert-OH is 1. The molecule has 0 spiro atoms. The molecule has 5 rings (SSSR count). The van der Waals surface area contributed by atoms with E-state index in [0.717, 1.165) is 47.9 Å². The maximum absolute atomic E-state index is 13.2. The number of nitrogens with zero attached hydrogens (tertiary/aromatic N) is 2. The van der Waals surface area contributed by atoms with E-state index in [1.807, 2.05) is 53.6 Å². The summed E-state index contributed by atoms with van der Waals surface area (Å²) in [4.78, 5) is 15.0. The molecule has 1 fully saturated rings. The van der Waals surface area contributed by atoms with Crippen LogP contribution in [0.3, 0.4) is 0 Å². The lowest BCUT2D eigenvalue weighted by atomic mass is 9.94. The van der Waals surface area contributed by atoms with Crippen molar-refractivity contribution < 1.29 is 14.6 Å². The van der Waals surface area contributed by atoms with Crippen LogP contribution in [-0.2, 0) is 13.1 Å². The maximum atomic E-state index is 13.2. The summed E-state index contributed by atoms with van der Waals surface area (Å²) < 4.78 is 6.13. The van der Waals surface area contributed by atoms with Crippen LogP contribution in [0.2, 0.25) is 0 Å². The molecular formula is C24H25N3O3. The fourth-order valence-corrected chi connectivity index (χ4v) is 4.42. The van der Waals surface area contributed by atoms with Gasteiger partial charge in [0.2, 0.25) is 0 Å². The third-order valence-electron chi connectivity index (χ3n) is 6.08. The van der Waals surface area contributed by atoms with E-state index in [2.05, 4.69) is 10.2 Å². The van der Waals surface area contributed by atoms with Gasteiger partial charge in [-0.2, -0.15) is 5.10 Å². The minimum atomic E-state index is -0.462. The van der Waals surface area contributed by atoms with Crippen LogP contribution in [0.15, 0.2) is 54.9 Å². The summed E-state index contributed by atoms with van der Waals surface area (Å²) in [5, 5.41) is 17.1. The van der Waals surface area contributed by atoms with Gasteiger partial charge in [0.1, 0.15) is 11.9 Å². The minimum absolute atomic E-state index is 0.00943. The Bertz CT molecular complexity index is 1030. The van der Waals surface area contributed by atoms with Crippen LogP contribution >= 0.6 is 0 Å². The van der Waals surface area contributed by atoms with Gasteiger partial charge < -0.3 is 14.7 Å². The number of benzene rings is 2. The van der Waals surface area contributed by atoms with Crippen molar-refractivity contribution in [3.05, 3.63) is 71.5 Å². The molecular weight excluding hydrogens is 378 g/mol. The summed E-state index contributed by atoms with van der Waals surface area (Å²) in [6, 6.07) is 14.0. The number of ether oxygens (including phenoxy) is 1. The van der Waals surface area contributed by atoms with E-state index < -0.39 is 6.10 Å². The van der Waals surface area contributed by atoms with Crippen LogP contribution in [0.4, 0.5) is 0 Å². The van der Waals surface area contributed by atoms with Crippen molar-refractivity contribution in [3.63, 3.8) is 0 Å². The normalized spacial score (nSPS) is 21.0. The number of hydrogen-bond donors (Lipinski definition) is 2. The molecule has 154 valence electrons. The van der Waals surface area contributed by atoms with Crippen LogP contribution in [0.25, 0.3) is 11.1 Å². The van der Waals surface area contributed by atoms with Gasteiger partial charge in [-0.15, -0.1) is 0 Å². The lowest BCUT2D eigenvalue weighted by molar-refractivity contribution is 0.00636. The Kier molecular flexibility index (Phi) is 5.01. The van der Waals surface area contributed by atoms with Crippen molar-refractivity contribution in [3.8, 4) is 16.9 Å². The Morgan fingerprint density at radius 3 is 2.70 bits per heavy atom. The molecule has 2 aliphatic rings. The quantitative estimate of drug-likeness (QED) is 0.677. The Hall–Kier alpha value is -3.12. The molecule has 2 unspecified atom stereocenters. The second kappa shape index (κ2) is 7.95. The van der Waals surface area contributed by atoms with Gasteiger partial charge >= 0.3 is 0 Å². The van der Waals surface area contributed by atoms with E-state index in [1.165, 1.54) is 0 Å². The van der Waals surface area contributed by atoms with Crippen molar-refractivity contribution >= 4 is 5.91 Å². The summed E-state index contributed by atoms with van der Waals surface area (Å²) in [5.74, 6) is 0.589. The zero-order valence-electron chi connectivity index (χ0n) is 16.8. The summed E-state index contributed by atoms with van der Waals surface area (Å²) in [5.41, 5.74) is 4.83. The summed E-state index contributed by atoms with van der Waals surface area (Å²) in [7, 11) is 0. The average molecular weight is 403 g/mol. The number of H-pyrrole nitrogens is 1. The molecule has 0 bridgehead atoms. The third-order valence-corrected chi connectivity index (χ3v) is 6.08. The molecule has 2 aromatic carbocycles. The van der Waals surface area contributed by atoms with Gasteiger partial charge in [0.15, 0.2) is 0 Å². The highest BCUT2D eigenvalue weighted by atomic mass is 16.5. The Morgan fingerprint density at radius 2 is 1.93 bits per heavy atom. The molecule has 1 saturated carbocycles. The largest absolute Gasteiger partial charge is 0.487 e. The number of carbonyl (C=O) groups excluding carboxylic acids is 1. The number of aliphatic hydroxyl groups is 1. The van der Waals surface area contributed by atoms with Gasteiger partial charge in [-0.05, 0) is 42.0 Å². The van der Waals surface area contributed by atoms with E-state index in [1.54, 1.807) is 6.20 Å². The first-order valence-electron chi connectivity index (χ1n) is 10.5. The molecule has 2 N–H and O–H groups in total. The van der Waals surface area contributed by atoms with E-state index >= 15 is 0 Å². The fourth-order valence-electron chi connectivity index (χ4n) is 4.42. The second-order valence-corrected chi connectivity index (χ2v) is 8.14. The van der Waals surface area contributed by atoms with Gasteiger partial charge in [0.25, 0.3) is 5.91 Å². The molecule has 2 atom stereocenters. The molecule has 3 aromatic rings. The fraction of sp³-hybridized carbons (Fsp3) is 0.333. The van der Waals surface area contributed by atoms with Crippen molar-refractivity contribution in [2.75, 3.05) is 0 Å². The molecule has 1 amide bonds. The van der Waals surface area contributed by atoms with E-state index in [0.29, 0.717) is 24.4 Å². The van der Waals surface area contributed by atoms with Crippen LogP contribution in [0, 0.1) is 0 Å². The number of hydrogen-bond acceptors (Lipinski definition) is 4. The van der Waals surface area contributed by atoms with Gasteiger partial charge in [0, 0.05) is 24.8 Å². The molecule has 6 heteroatoms. The second-order valence-electron chi connectivity index (χ2n) is 8.14. The minimum Gasteiger partial charge on any atom is -0.487 e. The van der Waals surface area contributed by atoms with Crippen LogP contribution in [-0.4, -0.2) is 38.3 Å². The van der Waals surface area contributed by atoms with E-state index in [4.69, 9.17) is 4.74 Å². The molecule has 1 aliphatic heterocycles. The first kappa shape index (κ1) is 18.9. The molecule has 1 aliphatic carbocycles. The molecule has 0 radical (unpaired) electrons. The number of nitrogens with one attached hydrogen (secondary N) is 1. The highest BCUT2D eigenvalue weighted by Gasteiger charge is 2.33. The zero-order chi connectivity index (χ0) is 20.5. The van der Waals surface area contributed by atoms with E-state index in [9.17, 15) is 9.90 Å². The SMILES string of the molecule is O=C1c2c(cccc2OC2CCCCC2O)CN1Cc1ccc(-c2cn[nH]c2)cc1. The number of aromatic nitrogens is 2. The van der Waals surface area contributed by atoms with Gasteiger partial charge in [0.05, 0.1) is 17.9 Å². The van der Waals surface area contributed by atoms with E-state index in [-0.39, 0.29) is 12.0 Å². The predicted octanol–water partition coefficient (Wildman–Crippen LogP) is 3.92. The number of fused-ring (bicyclic) bond motifs is 1. The van der Waals surface area contributed by atoms with Crippen molar-refractivity contribution in [2.24, 2.45) is 0 Å². The smallest absolute Gasteiger partial charge is 0.258 e. The first-order valence-corrected chi connectivity index (χ1v) is 10.5.